The van der Waals surface area contributed by atoms with Crippen LogP contribution in [0.1, 0.15) is 50.3 Å². The van der Waals surface area contributed by atoms with Crippen molar-refractivity contribution in [1.82, 2.24) is 9.97 Å². The first kappa shape index (κ1) is 18.3. The van der Waals surface area contributed by atoms with Crippen LogP contribution in [-0.4, -0.2) is 53.6 Å². The zero-order valence-corrected chi connectivity index (χ0v) is 16.1. The zero-order chi connectivity index (χ0) is 20.0. The highest BCUT2D eigenvalue weighted by molar-refractivity contribution is 5.93. The summed E-state index contributed by atoms with van der Waals surface area (Å²) in [5.74, 6) is -0.565. The van der Waals surface area contributed by atoms with Crippen molar-refractivity contribution in [2.75, 3.05) is 29.4 Å². The molecular weight excluding hydrogens is 379 g/mol. The molecule has 0 N–H and O–H groups in total. The molecule has 0 unspecified atom stereocenters. The van der Waals surface area contributed by atoms with Gasteiger partial charge in [-0.1, -0.05) is 6.42 Å². The molecule has 9 heteroatoms. The van der Waals surface area contributed by atoms with Crippen molar-refractivity contribution >= 4 is 23.6 Å². The van der Waals surface area contributed by atoms with Gasteiger partial charge in [0.15, 0.2) is 0 Å². The Hall–Kier alpha value is -2.71. The van der Waals surface area contributed by atoms with Crippen molar-refractivity contribution in [3.63, 3.8) is 0 Å². The number of carbonyl (C=O) groups excluding carboxylic acids is 2. The minimum atomic E-state index is -1.53. The third-order valence-electron chi connectivity index (χ3n) is 5.76. The van der Waals surface area contributed by atoms with Gasteiger partial charge in [-0.2, -0.15) is 0 Å². The number of carbonyl (C=O) groups is 2. The molecule has 1 aromatic rings. The lowest BCUT2D eigenvalue weighted by Gasteiger charge is -2.41. The summed E-state index contributed by atoms with van der Waals surface area (Å²) in [6, 6.07) is 1.78. The van der Waals surface area contributed by atoms with E-state index in [1.807, 2.05) is 4.90 Å². The minimum absolute atomic E-state index is 0.292. The van der Waals surface area contributed by atoms with Crippen LogP contribution in [0.5, 0.6) is 0 Å². The number of hydrogen-bond donors (Lipinski definition) is 0. The summed E-state index contributed by atoms with van der Waals surface area (Å²) in [6.45, 7) is 1.13. The average molecular weight is 402 g/mol. The summed E-state index contributed by atoms with van der Waals surface area (Å²) < 4.78 is 24.7. The highest BCUT2D eigenvalue weighted by atomic mass is 19.1. The van der Waals surface area contributed by atoms with Gasteiger partial charge in [-0.15, -0.1) is 0 Å². The molecule has 8 nitrogen and oxygen atoms in total. The lowest BCUT2D eigenvalue weighted by Crippen LogP contribution is -2.55. The van der Waals surface area contributed by atoms with Gasteiger partial charge in [0.1, 0.15) is 23.6 Å². The molecule has 0 aromatic carbocycles. The quantitative estimate of drug-likeness (QED) is 0.712. The van der Waals surface area contributed by atoms with Gasteiger partial charge in [0.05, 0.1) is 13.1 Å². The lowest BCUT2D eigenvalue weighted by molar-refractivity contribution is -0.222. The maximum Gasteiger partial charge on any atom is 0.344 e. The highest BCUT2D eigenvalue weighted by Gasteiger charge is 2.47. The largest absolute Gasteiger partial charge is 0.400 e. The van der Waals surface area contributed by atoms with E-state index in [9.17, 15) is 14.0 Å². The Bertz CT molecular complexity index is 846. The third-order valence-corrected chi connectivity index (χ3v) is 5.76. The molecule has 3 fully saturated rings. The van der Waals surface area contributed by atoms with Gasteiger partial charge in [0.25, 0.3) is 0 Å². The van der Waals surface area contributed by atoms with Crippen LogP contribution in [0.25, 0.3) is 0 Å². The summed E-state index contributed by atoms with van der Waals surface area (Å²) >= 11 is 0. The number of ether oxygens (including phenoxy) is 2. The first-order valence-corrected chi connectivity index (χ1v) is 10.2. The summed E-state index contributed by atoms with van der Waals surface area (Å²) in [5.41, 5.74) is 0. The molecule has 4 aliphatic rings. The van der Waals surface area contributed by atoms with Crippen molar-refractivity contribution < 1.29 is 23.5 Å². The predicted octanol–water partition coefficient (Wildman–Crippen LogP) is 2.20. The number of hydrogen-bond acceptors (Lipinski definition) is 8. The van der Waals surface area contributed by atoms with Gasteiger partial charge in [0, 0.05) is 37.1 Å². The fraction of sp³-hybridized carbons (Fsp3) is 0.600. The average Bonchev–Trinajstić information content (AvgIpc) is 3.51. The summed E-state index contributed by atoms with van der Waals surface area (Å²) in [4.78, 5) is 37.4. The molecule has 2 saturated heterocycles. The second kappa shape index (κ2) is 6.96. The van der Waals surface area contributed by atoms with E-state index in [1.54, 1.807) is 11.0 Å². The molecule has 4 heterocycles. The smallest absolute Gasteiger partial charge is 0.344 e. The fourth-order valence-corrected chi connectivity index (χ4v) is 4.02. The number of nitrogens with zero attached hydrogens (tertiary/aromatic N) is 4. The number of alkyl halides is 1. The SMILES string of the molecule is O=C1C=CC(=O)OC2(CCCCCN2c2cc(N3CC(F)C3)nc(C3CC3)n2)O1. The Balaban J connectivity index is 1.56. The number of aromatic nitrogens is 2. The van der Waals surface area contributed by atoms with E-state index in [0.717, 1.165) is 44.3 Å². The van der Waals surface area contributed by atoms with Gasteiger partial charge in [-0.3, -0.25) is 4.90 Å². The topological polar surface area (TPSA) is 84.9 Å². The van der Waals surface area contributed by atoms with Crippen molar-refractivity contribution in [2.45, 2.75) is 56.5 Å². The molecule has 0 atom stereocenters. The second-order valence-electron chi connectivity index (χ2n) is 8.07. The van der Waals surface area contributed by atoms with E-state index < -0.39 is 24.0 Å². The van der Waals surface area contributed by atoms with Crippen molar-refractivity contribution in [2.24, 2.45) is 0 Å². The normalized spacial score (nSPS) is 24.6. The monoisotopic (exact) mass is 402 g/mol. The van der Waals surface area contributed by atoms with Crippen LogP contribution in [0.2, 0.25) is 0 Å². The molecule has 3 aliphatic heterocycles. The highest BCUT2D eigenvalue weighted by Crippen LogP contribution is 2.42. The minimum Gasteiger partial charge on any atom is -0.400 e. The Morgan fingerprint density at radius 1 is 1.00 bits per heavy atom. The molecule has 1 saturated carbocycles. The van der Waals surface area contributed by atoms with Crippen LogP contribution in [0.15, 0.2) is 18.2 Å². The Labute approximate surface area is 167 Å². The third kappa shape index (κ3) is 3.54. The molecule has 0 amide bonds. The van der Waals surface area contributed by atoms with Crippen molar-refractivity contribution in [3.05, 3.63) is 24.0 Å². The molecule has 5 rings (SSSR count). The molecule has 29 heavy (non-hydrogen) atoms. The fourth-order valence-electron chi connectivity index (χ4n) is 4.02. The summed E-state index contributed by atoms with van der Waals surface area (Å²) in [6.07, 6.45) is 6.24. The predicted molar refractivity (Wildman–Crippen MR) is 101 cm³/mol. The van der Waals surface area contributed by atoms with E-state index in [4.69, 9.17) is 14.5 Å². The zero-order valence-electron chi connectivity index (χ0n) is 16.1. The standard InChI is InChI=1S/C20H23FN4O4/c21-14-11-24(12-14)15-10-16(23-19(22-15)13-4-5-13)25-9-3-1-2-8-20(25)28-17(26)6-7-18(27)29-20/h6-7,10,13-14H,1-5,8-9,11-12H2. The van der Waals surface area contributed by atoms with E-state index in [1.165, 1.54) is 0 Å². The van der Waals surface area contributed by atoms with E-state index >= 15 is 0 Å². The van der Waals surface area contributed by atoms with Gasteiger partial charge in [-0.05, 0) is 25.7 Å². The number of anilines is 2. The number of halogens is 1. The first-order valence-electron chi connectivity index (χ1n) is 10.2. The Morgan fingerprint density at radius 3 is 2.34 bits per heavy atom. The van der Waals surface area contributed by atoms with Crippen LogP contribution in [0, 0.1) is 0 Å². The molecule has 154 valence electrons. The van der Waals surface area contributed by atoms with Crippen molar-refractivity contribution in [3.8, 4) is 0 Å². The molecule has 0 radical (unpaired) electrons. The van der Waals surface area contributed by atoms with Crippen LogP contribution in [-0.2, 0) is 19.1 Å². The molecule has 1 aliphatic carbocycles. The van der Waals surface area contributed by atoms with Crippen molar-refractivity contribution in [1.29, 1.82) is 0 Å². The van der Waals surface area contributed by atoms with Gasteiger partial charge in [-0.25, -0.2) is 23.9 Å². The molecular formula is C20H23FN4O4. The Kier molecular flexibility index (Phi) is 4.40. The van der Waals surface area contributed by atoms with Crippen LogP contribution in [0.3, 0.4) is 0 Å². The first-order chi connectivity index (χ1) is 14.0. The summed E-state index contributed by atoms with van der Waals surface area (Å²) in [7, 11) is 0. The Morgan fingerprint density at radius 2 is 1.69 bits per heavy atom. The molecule has 0 bridgehead atoms. The van der Waals surface area contributed by atoms with Crippen LogP contribution in [0.4, 0.5) is 16.0 Å². The lowest BCUT2D eigenvalue weighted by atomic mass is 10.2. The van der Waals surface area contributed by atoms with Crippen LogP contribution < -0.4 is 9.80 Å². The number of esters is 2. The maximum absolute atomic E-state index is 13.4. The van der Waals surface area contributed by atoms with Gasteiger partial charge in [0.2, 0.25) is 0 Å². The van der Waals surface area contributed by atoms with Gasteiger partial charge < -0.3 is 14.4 Å². The molecule has 1 aromatic heterocycles. The summed E-state index contributed by atoms with van der Waals surface area (Å²) in [5, 5.41) is 0. The number of rotatable bonds is 3. The molecule has 1 spiro atoms. The van der Waals surface area contributed by atoms with E-state index in [-0.39, 0.29) is 0 Å². The maximum atomic E-state index is 13.4. The van der Waals surface area contributed by atoms with Crippen LogP contribution >= 0.6 is 0 Å². The van der Waals surface area contributed by atoms with E-state index in [0.29, 0.717) is 49.4 Å². The van der Waals surface area contributed by atoms with E-state index in [2.05, 4.69) is 4.98 Å². The van der Waals surface area contributed by atoms with Gasteiger partial charge >= 0.3 is 17.8 Å². The second-order valence-corrected chi connectivity index (χ2v) is 8.07.